The van der Waals surface area contributed by atoms with Crippen LogP contribution in [0.4, 0.5) is 0 Å². The molecular formula is C17H14Br2O6. The zero-order valence-corrected chi connectivity index (χ0v) is 16.5. The molecule has 2 aromatic rings. The highest BCUT2D eigenvalue weighted by molar-refractivity contribution is 9.11. The molecule has 1 N–H and O–H groups in total. The first-order valence-corrected chi connectivity index (χ1v) is 8.58. The lowest BCUT2D eigenvalue weighted by molar-refractivity contribution is -0.139. The monoisotopic (exact) mass is 472 g/mol. The van der Waals surface area contributed by atoms with Crippen LogP contribution >= 0.6 is 31.9 Å². The fourth-order valence-electron chi connectivity index (χ4n) is 2.09. The second-order valence-electron chi connectivity index (χ2n) is 4.91. The molecule has 0 saturated heterocycles. The maximum absolute atomic E-state index is 11.4. The molecule has 0 bridgehead atoms. The van der Waals surface area contributed by atoms with Gasteiger partial charge in [-0.15, -0.1) is 0 Å². The summed E-state index contributed by atoms with van der Waals surface area (Å²) >= 11 is 6.79. The molecule has 0 aliphatic carbocycles. The van der Waals surface area contributed by atoms with Crippen molar-refractivity contribution in [3.8, 4) is 17.2 Å². The van der Waals surface area contributed by atoms with Crippen molar-refractivity contribution in [1.29, 1.82) is 0 Å². The van der Waals surface area contributed by atoms with E-state index in [1.165, 1.54) is 26.4 Å². The van der Waals surface area contributed by atoms with E-state index in [1.807, 2.05) is 0 Å². The number of benzene rings is 2. The fraction of sp³-hybridized carbons (Fsp3) is 0.176. The number of halogens is 2. The number of carbonyl (C=O) groups is 2. The van der Waals surface area contributed by atoms with Gasteiger partial charge in [0.25, 0.3) is 0 Å². The zero-order chi connectivity index (χ0) is 18.6. The van der Waals surface area contributed by atoms with Crippen LogP contribution in [0.2, 0.25) is 0 Å². The van der Waals surface area contributed by atoms with Crippen LogP contribution in [0.5, 0.6) is 17.2 Å². The molecule has 2 aromatic carbocycles. The van der Waals surface area contributed by atoms with E-state index in [1.54, 1.807) is 18.2 Å². The molecule has 0 aromatic heterocycles. The minimum atomic E-state index is -1.12. The molecule has 0 atom stereocenters. The predicted octanol–water partition coefficient (Wildman–Crippen LogP) is 4.43. The van der Waals surface area contributed by atoms with E-state index in [4.69, 9.17) is 9.47 Å². The molecular weight excluding hydrogens is 460 g/mol. The number of carbonyl (C=O) groups excluding carboxylic acids is 1. The molecule has 0 saturated carbocycles. The summed E-state index contributed by atoms with van der Waals surface area (Å²) < 4.78 is 16.7. The van der Waals surface area contributed by atoms with Gasteiger partial charge in [-0.1, -0.05) is 0 Å². The Labute approximate surface area is 161 Å². The molecule has 8 heteroatoms. The van der Waals surface area contributed by atoms with E-state index >= 15 is 0 Å². The van der Waals surface area contributed by atoms with Crippen molar-refractivity contribution in [1.82, 2.24) is 0 Å². The topological polar surface area (TPSA) is 82.1 Å². The van der Waals surface area contributed by atoms with E-state index in [0.29, 0.717) is 20.4 Å². The normalized spacial score (nSPS) is 10.2. The first kappa shape index (κ1) is 19.3. The number of methoxy groups -OCH3 is 2. The largest absolute Gasteiger partial charge is 0.496 e. The van der Waals surface area contributed by atoms with Crippen LogP contribution in [-0.4, -0.2) is 31.3 Å². The Morgan fingerprint density at radius 2 is 1.72 bits per heavy atom. The van der Waals surface area contributed by atoms with Crippen LogP contribution in [-0.2, 0) is 16.0 Å². The molecule has 25 heavy (non-hydrogen) atoms. The van der Waals surface area contributed by atoms with Gasteiger partial charge in [0.2, 0.25) is 0 Å². The first-order valence-electron chi connectivity index (χ1n) is 6.99. The number of ether oxygens (including phenoxy) is 3. The number of carboxylic acids is 1. The standard InChI is InChI=1S/C17H14Br2O6/c1-23-14-4-3-10(8-11(14)17(21)22)25-16-12(18)5-9(6-13(16)19)7-15(20)24-2/h3-6,8H,7H2,1-2H3,(H,21,22). The number of esters is 1. The Morgan fingerprint density at radius 3 is 2.24 bits per heavy atom. The number of aromatic carboxylic acids is 1. The first-order chi connectivity index (χ1) is 11.8. The number of carboxylic acid groups (broad SMARTS) is 1. The Kier molecular flexibility index (Phi) is 6.44. The predicted molar refractivity (Wildman–Crippen MR) is 97.6 cm³/mol. The Hall–Kier alpha value is -2.06. The minimum Gasteiger partial charge on any atom is -0.496 e. The summed E-state index contributed by atoms with van der Waals surface area (Å²) in [7, 11) is 2.73. The third kappa shape index (κ3) is 4.73. The molecule has 0 amide bonds. The van der Waals surface area contributed by atoms with E-state index in [0.717, 1.165) is 5.56 Å². The maximum atomic E-state index is 11.4. The average Bonchev–Trinajstić information content (AvgIpc) is 2.57. The van der Waals surface area contributed by atoms with Crippen molar-refractivity contribution < 1.29 is 28.9 Å². The van der Waals surface area contributed by atoms with Gasteiger partial charge in [-0.2, -0.15) is 0 Å². The third-order valence-electron chi connectivity index (χ3n) is 3.26. The third-order valence-corrected chi connectivity index (χ3v) is 4.43. The van der Waals surface area contributed by atoms with Crippen LogP contribution in [0.25, 0.3) is 0 Å². The molecule has 0 aliphatic heterocycles. The van der Waals surface area contributed by atoms with Crippen LogP contribution < -0.4 is 9.47 Å². The molecule has 0 unspecified atom stereocenters. The molecule has 0 spiro atoms. The van der Waals surface area contributed by atoms with Gasteiger partial charge in [0.05, 0.1) is 29.6 Å². The molecule has 0 aliphatic rings. The highest BCUT2D eigenvalue weighted by Crippen LogP contribution is 2.39. The summed E-state index contributed by atoms with van der Waals surface area (Å²) in [6.45, 7) is 0. The molecule has 0 heterocycles. The highest BCUT2D eigenvalue weighted by Gasteiger charge is 2.16. The van der Waals surface area contributed by atoms with Gasteiger partial charge in [0.1, 0.15) is 17.1 Å². The van der Waals surface area contributed by atoms with Crippen molar-refractivity contribution in [3.05, 3.63) is 50.4 Å². The van der Waals surface area contributed by atoms with Gasteiger partial charge in [-0.25, -0.2) is 4.79 Å². The molecule has 2 rings (SSSR count). The number of hydrogen-bond acceptors (Lipinski definition) is 5. The lowest BCUT2D eigenvalue weighted by Crippen LogP contribution is -2.04. The van der Waals surface area contributed by atoms with Gasteiger partial charge in [-0.05, 0) is 67.8 Å². The number of rotatable bonds is 6. The summed E-state index contributed by atoms with van der Waals surface area (Å²) in [4.78, 5) is 22.7. The van der Waals surface area contributed by atoms with Crippen LogP contribution in [0.3, 0.4) is 0 Å². The fourth-order valence-corrected chi connectivity index (χ4v) is 3.53. The summed E-state index contributed by atoms with van der Waals surface area (Å²) in [6.07, 6.45) is 0.125. The minimum absolute atomic E-state index is 0.00504. The Morgan fingerprint density at radius 1 is 1.08 bits per heavy atom. The van der Waals surface area contributed by atoms with Gasteiger partial charge >= 0.3 is 11.9 Å². The SMILES string of the molecule is COC(=O)Cc1cc(Br)c(Oc2ccc(OC)c(C(=O)O)c2)c(Br)c1. The summed E-state index contributed by atoms with van der Waals surface area (Å²) in [5.74, 6) is -0.440. The molecule has 132 valence electrons. The van der Waals surface area contributed by atoms with Gasteiger partial charge in [0.15, 0.2) is 5.75 Å². The van der Waals surface area contributed by atoms with Crippen LogP contribution in [0.1, 0.15) is 15.9 Å². The lowest BCUT2D eigenvalue weighted by atomic mass is 10.1. The zero-order valence-electron chi connectivity index (χ0n) is 13.3. The number of hydrogen-bond donors (Lipinski definition) is 1. The quantitative estimate of drug-likeness (QED) is 0.625. The van der Waals surface area contributed by atoms with E-state index in [-0.39, 0.29) is 23.7 Å². The molecule has 0 radical (unpaired) electrons. The highest BCUT2D eigenvalue weighted by atomic mass is 79.9. The van der Waals surface area contributed by atoms with Crippen molar-refractivity contribution in [2.75, 3.05) is 14.2 Å². The van der Waals surface area contributed by atoms with Crippen molar-refractivity contribution in [3.63, 3.8) is 0 Å². The van der Waals surface area contributed by atoms with Crippen molar-refractivity contribution >= 4 is 43.8 Å². The van der Waals surface area contributed by atoms with Crippen LogP contribution in [0.15, 0.2) is 39.3 Å². The van der Waals surface area contributed by atoms with E-state index in [9.17, 15) is 14.7 Å². The Balaban J connectivity index is 2.33. The lowest BCUT2D eigenvalue weighted by Gasteiger charge is -2.13. The van der Waals surface area contributed by atoms with Gasteiger partial charge in [-0.3, -0.25) is 4.79 Å². The summed E-state index contributed by atoms with van der Waals surface area (Å²) in [5.41, 5.74) is 0.730. The molecule has 6 nitrogen and oxygen atoms in total. The average molecular weight is 474 g/mol. The van der Waals surface area contributed by atoms with E-state index in [2.05, 4.69) is 36.6 Å². The summed E-state index contributed by atoms with van der Waals surface area (Å²) in [6, 6.07) is 7.97. The van der Waals surface area contributed by atoms with Gasteiger partial charge in [0, 0.05) is 0 Å². The summed E-state index contributed by atoms with van der Waals surface area (Å²) in [5, 5.41) is 9.24. The maximum Gasteiger partial charge on any atom is 0.339 e. The molecule has 0 fully saturated rings. The Bertz CT molecular complexity index is 796. The van der Waals surface area contributed by atoms with E-state index < -0.39 is 5.97 Å². The second-order valence-corrected chi connectivity index (χ2v) is 6.62. The smallest absolute Gasteiger partial charge is 0.339 e. The van der Waals surface area contributed by atoms with Crippen LogP contribution in [0, 0.1) is 0 Å². The van der Waals surface area contributed by atoms with Crippen molar-refractivity contribution in [2.45, 2.75) is 6.42 Å². The van der Waals surface area contributed by atoms with Crippen molar-refractivity contribution in [2.24, 2.45) is 0 Å². The second kappa shape index (κ2) is 8.35. The van der Waals surface area contributed by atoms with Gasteiger partial charge < -0.3 is 19.3 Å².